The van der Waals surface area contributed by atoms with Crippen LogP contribution in [0.1, 0.15) is 39.5 Å². The van der Waals surface area contributed by atoms with Crippen LogP contribution >= 0.6 is 0 Å². The van der Waals surface area contributed by atoms with Crippen molar-refractivity contribution in [2.75, 3.05) is 16.8 Å². The Morgan fingerprint density at radius 1 is 1.30 bits per heavy atom. The van der Waals surface area contributed by atoms with Crippen molar-refractivity contribution < 1.29 is 19.5 Å². The second-order valence-electron chi connectivity index (χ2n) is 6.66. The Bertz CT molecular complexity index is 625. The number of carboxylic acids is 1. The number of nitrogens with one attached hydrogen (secondary N) is 1. The molecule has 1 heterocycles. The molecule has 0 radical (unpaired) electrons. The molecule has 0 atom stereocenters. The molecule has 1 aliphatic rings. The highest BCUT2D eigenvalue weighted by Gasteiger charge is 2.26. The Hall–Kier alpha value is -2.37. The first-order valence-electron chi connectivity index (χ1n) is 7.69. The summed E-state index contributed by atoms with van der Waals surface area (Å²) in [6.45, 7) is 4.20. The fourth-order valence-electron chi connectivity index (χ4n) is 2.78. The average Bonchev–Trinajstić information content (AvgIpc) is 2.82. The predicted octanol–water partition coefficient (Wildman–Crippen LogP) is 2.64. The van der Waals surface area contributed by atoms with E-state index >= 15 is 0 Å². The van der Waals surface area contributed by atoms with E-state index in [1.165, 1.54) is 0 Å². The second kappa shape index (κ2) is 6.81. The number of aliphatic carboxylic acids is 1. The lowest BCUT2D eigenvalue weighted by atomic mass is 9.85. The predicted molar refractivity (Wildman–Crippen MR) is 87.3 cm³/mol. The molecule has 0 bridgehead atoms. The van der Waals surface area contributed by atoms with Crippen LogP contribution in [0.4, 0.5) is 11.4 Å². The summed E-state index contributed by atoms with van der Waals surface area (Å²) in [5.74, 6) is -1.06. The van der Waals surface area contributed by atoms with Crippen molar-refractivity contribution in [3.05, 3.63) is 24.3 Å². The lowest BCUT2D eigenvalue weighted by Crippen LogP contribution is -2.25. The number of hydrogen-bond acceptors (Lipinski definition) is 3. The number of hydrogen-bond donors (Lipinski definition) is 2. The Morgan fingerprint density at radius 2 is 2.04 bits per heavy atom. The molecule has 0 aliphatic carbocycles. The summed E-state index contributed by atoms with van der Waals surface area (Å²) in [6.07, 6.45) is 1.45. The molecule has 6 nitrogen and oxygen atoms in total. The minimum Gasteiger partial charge on any atom is -0.481 e. The largest absolute Gasteiger partial charge is 0.481 e. The van der Waals surface area contributed by atoms with Crippen LogP contribution in [0, 0.1) is 5.41 Å². The van der Waals surface area contributed by atoms with E-state index < -0.39 is 11.4 Å². The van der Waals surface area contributed by atoms with E-state index in [9.17, 15) is 14.4 Å². The summed E-state index contributed by atoms with van der Waals surface area (Å²) >= 11 is 0. The number of nitrogens with zero attached hydrogens (tertiary/aromatic N) is 1. The Kier molecular flexibility index (Phi) is 5.03. The van der Waals surface area contributed by atoms with Gasteiger partial charge >= 0.3 is 5.97 Å². The van der Waals surface area contributed by atoms with E-state index in [1.54, 1.807) is 36.9 Å². The van der Waals surface area contributed by atoms with E-state index in [0.29, 0.717) is 18.7 Å². The Morgan fingerprint density at radius 3 is 2.65 bits per heavy atom. The lowest BCUT2D eigenvalue weighted by Gasteiger charge is -2.22. The van der Waals surface area contributed by atoms with Crippen LogP contribution in [0.2, 0.25) is 0 Å². The molecule has 2 N–H and O–H groups in total. The van der Waals surface area contributed by atoms with E-state index in [1.807, 2.05) is 6.07 Å². The highest BCUT2D eigenvalue weighted by molar-refractivity contribution is 5.97. The van der Waals surface area contributed by atoms with E-state index in [-0.39, 0.29) is 24.7 Å². The van der Waals surface area contributed by atoms with Crippen LogP contribution in [0.15, 0.2) is 24.3 Å². The SMILES string of the molecule is CC(C)(CC(=O)O)CC(=O)Nc1cccc(N2CCCC2=O)c1. The molecule has 1 fully saturated rings. The highest BCUT2D eigenvalue weighted by atomic mass is 16.4. The van der Waals surface area contributed by atoms with Crippen molar-refractivity contribution in [1.29, 1.82) is 0 Å². The average molecular weight is 318 g/mol. The molecule has 0 spiro atoms. The summed E-state index contributed by atoms with van der Waals surface area (Å²) in [5.41, 5.74) is 0.770. The fourth-order valence-corrected chi connectivity index (χ4v) is 2.78. The van der Waals surface area contributed by atoms with Gasteiger partial charge in [0.2, 0.25) is 11.8 Å². The first-order valence-corrected chi connectivity index (χ1v) is 7.69. The molecule has 6 heteroatoms. The fraction of sp³-hybridized carbons (Fsp3) is 0.471. The topological polar surface area (TPSA) is 86.7 Å². The highest BCUT2D eigenvalue weighted by Crippen LogP contribution is 2.27. The van der Waals surface area contributed by atoms with Crippen LogP contribution in [0.5, 0.6) is 0 Å². The van der Waals surface area contributed by atoms with Gasteiger partial charge in [-0.25, -0.2) is 0 Å². The maximum atomic E-state index is 12.1. The van der Waals surface area contributed by atoms with Gasteiger partial charge in [0.1, 0.15) is 0 Å². The number of rotatable bonds is 6. The summed E-state index contributed by atoms with van der Waals surface area (Å²) < 4.78 is 0. The van der Waals surface area contributed by atoms with Gasteiger partial charge < -0.3 is 15.3 Å². The molecule has 1 aliphatic heterocycles. The van der Waals surface area contributed by atoms with Crippen molar-refractivity contribution in [3.63, 3.8) is 0 Å². The van der Waals surface area contributed by atoms with Crippen molar-refractivity contribution in [2.45, 2.75) is 39.5 Å². The zero-order valence-corrected chi connectivity index (χ0v) is 13.5. The number of anilines is 2. The molecule has 0 aromatic heterocycles. The zero-order valence-electron chi connectivity index (χ0n) is 13.5. The standard InChI is InChI=1S/C17H22N2O4/c1-17(2,11-16(22)23)10-14(20)18-12-5-3-6-13(9-12)19-8-4-7-15(19)21/h3,5-6,9H,4,7-8,10-11H2,1-2H3,(H,18,20)(H,22,23). The van der Waals surface area contributed by atoms with Crippen LogP contribution in [0.25, 0.3) is 0 Å². The van der Waals surface area contributed by atoms with Crippen molar-refractivity contribution in [1.82, 2.24) is 0 Å². The van der Waals surface area contributed by atoms with E-state index in [4.69, 9.17) is 5.11 Å². The smallest absolute Gasteiger partial charge is 0.303 e. The third kappa shape index (κ3) is 4.81. The molecule has 1 aromatic rings. The number of benzene rings is 1. The first kappa shape index (κ1) is 17.0. The van der Waals surface area contributed by atoms with Gasteiger partial charge in [-0.05, 0) is 30.0 Å². The lowest BCUT2D eigenvalue weighted by molar-refractivity contribution is -0.139. The van der Waals surface area contributed by atoms with Crippen LogP contribution in [0.3, 0.4) is 0 Å². The van der Waals surface area contributed by atoms with Gasteiger partial charge in [0.05, 0.1) is 6.42 Å². The molecular weight excluding hydrogens is 296 g/mol. The number of carbonyl (C=O) groups excluding carboxylic acids is 2. The molecule has 1 aromatic carbocycles. The molecule has 2 amide bonds. The van der Waals surface area contributed by atoms with E-state index in [0.717, 1.165) is 12.1 Å². The van der Waals surface area contributed by atoms with Gasteiger partial charge in [0.25, 0.3) is 0 Å². The maximum Gasteiger partial charge on any atom is 0.303 e. The van der Waals surface area contributed by atoms with Crippen molar-refractivity contribution in [2.24, 2.45) is 5.41 Å². The molecule has 1 saturated heterocycles. The second-order valence-corrected chi connectivity index (χ2v) is 6.66. The van der Waals surface area contributed by atoms with Crippen LogP contribution in [-0.4, -0.2) is 29.4 Å². The number of carboxylic acid groups (broad SMARTS) is 1. The van der Waals surface area contributed by atoms with E-state index in [2.05, 4.69) is 5.32 Å². The quantitative estimate of drug-likeness (QED) is 0.844. The third-order valence-electron chi connectivity index (χ3n) is 3.78. The summed E-state index contributed by atoms with van der Waals surface area (Å²) in [4.78, 5) is 36.4. The third-order valence-corrected chi connectivity index (χ3v) is 3.78. The summed E-state index contributed by atoms with van der Waals surface area (Å²) in [5, 5.41) is 11.6. The van der Waals surface area contributed by atoms with Gasteiger partial charge in [0, 0.05) is 30.8 Å². The molecule has 23 heavy (non-hydrogen) atoms. The zero-order chi connectivity index (χ0) is 17.0. The van der Waals surface area contributed by atoms with Gasteiger partial charge in [-0.15, -0.1) is 0 Å². The molecule has 124 valence electrons. The van der Waals surface area contributed by atoms with Crippen LogP contribution < -0.4 is 10.2 Å². The first-order chi connectivity index (χ1) is 10.8. The minimum atomic E-state index is -0.919. The number of amides is 2. The summed E-state index contributed by atoms with van der Waals surface area (Å²) in [6, 6.07) is 7.16. The molecular formula is C17H22N2O4. The van der Waals surface area contributed by atoms with Crippen molar-refractivity contribution in [3.8, 4) is 0 Å². The Balaban J connectivity index is 2.01. The molecule has 2 rings (SSSR count). The van der Waals surface area contributed by atoms with Gasteiger partial charge in [-0.3, -0.25) is 14.4 Å². The maximum absolute atomic E-state index is 12.1. The van der Waals surface area contributed by atoms with Gasteiger partial charge in [0.15, 0.2) is 0 Å². The Labute approximate surface area is 135 Å². The van der Waals surface area contributed by atoms with Crippen LogP contribution in [-0.2, 0) is 14.4 Å². The minimum absolute atomic E-state index is 0.0667. The van der Waals surface area contributed by atoms with Gasteiger partial charge in [-0.1, -0.05) is 19.9 Å². The monoisotopic (exact) mass is 318 g/mol. The number of carbonyl (C=O) groups is 3. The molecule has 0 saturated carbocycles. The van der Waals surface area contributed by atoms with Crippen molar-refractivity contribution >= 4 is 29.2 Å². The molecule has 0 unspecified atom stereocenters. The van der Waals surface area contributed by atoms with Gasteiger partial charge in [-0.2, -0.15) is 0 Å². The normalized spacial score (nSPS) is 14.9. The summed E-state index contributed by atoms with van der Waals surface area (Å²) in [7, 11) is 0.